The highest BCUT2D eigenvalue weighted by Gasteiger charge is 2.04. The largest absolute Gasteiger partial charge is 0.331 e. The second-order valence-electron chi connectivity index (χ2n) is 5.11. The molecule has 0 saturated carbocycles. The summed E-state index contributed by atoms with van der Waals surface area (Å²) in [5.74, 6) is -0.868. The molecule has 0 saturated heterocycles. The first kappa shape index (κ1) is 16.2. The number of halogens is 2. The predicted molar refractivity (Wildman–Crippen MR) is 89.9 cm³/mol. The van der Waals surface area contributed by atoms with E-state index in [1.54, 1.807) is 0 Å². The molecule has 0 aliphatic rings. The SMILES string of the molecule is CC(C)c1ccc(NC(=S)NNc2ccc(F)cc2F)cc1. The van der Waals surface area contributed by atoms with Gasteiger partial charge >= 0.3 is 0 Å². The Bertz CT molecular complexity index is 657. The smallest absolute Gasteiger partial charge is 0.189 e. The quantitative estimate of drug-likeness (QED) is 0.576. The maximum atomic E-state index is 13.4. The van der Waals surface area contributed by atoms with Crippen molar-refractivity contribution < 1.29 is 8.78 Å². The molecule has 0 fully saturated rings. The zero-order valence-corrected chi connectivity index (χ0v) is 13.1. The van der Waals surface area contributed by atoms with Crippen LogP contribution in [0.25, 0.3) is 0 Å². The first-order valence-corrected chi connectivity index (χ1v) is 7.24. The molecule has 0 amide bonds. The number of hydrogen-bond donors (Lipinski definition) is 3. The lowest BCUT2D eigenvalue weighted by Crippen LogP contribution is -2.33. The van der Waals surface area contributed by atoms with Gasteiger partial charge in [0.05, 0.1) is 5.69 Å². The summed E-state index contributed by atoms with van der Waals surface area (Å²) in [6.45, 7) is 4.24. The van der Waals surface area contributed by atoms with E-state index < -0.39 is 11.6 Å². The Hall–Kier alpha value is -2.21. The molecule has 0 heterocycles. The number of hydrazine groups is 1. The maximum Gasteiger partial charge on any atom is 0.189 e. The summed E-state index contributed by atoms with van der Waals surface area (Å²) in [5, 5.41) is 3.25. The van der Waals surface area contributed by atoms with Gasteiger partial charge in [-0.2, -0.15) is 0 Å². The van der Waals surface area contributed by atoms with Gasteiger partial charge in [-0.3, -0.25) is 10.9 Å². The van der Waals surface area contributed by atoms with Crippen molar-refractivity contribution in [1.82, 2.24) is 5.43 Å². The van der Waals surface area contributed by atoms with Gasteiger partial charge in [-0.1, -0.05) is 26.0 Å². The molecule has 3 N–H and O–H groups in total. The Morgan fingerprint density at radius 1 is 1.05 bits per heavy atom. The minimum Gasteiger partial charge on any atom is -0.331 e. The van der Waals surface area contributed by atoms with Gasteiger partial charge in [-0.25, -0.2) is 8.78 Å². The first-order valence-electron chi connectivity index (χ1n) is 6.83. The van der Waals surface area contributed by atoms with Crippen LogP contribution in [0.4, 0.5) is 20.2 Å². The van der Waals surface area contributed by atoms with Crippen molar-refractivity contribution in [2.45, 2.75) is 19.8 Å². The summed E-state index contributed by atoms with van der Waals surface area (Å²) < 4.78 is 26.2. The van der Waals surface area contributed by atoms with Crippen LogP contribution in [0.3, 0.4) is 0 Å². The normalized spacial score (nSPS) is 10.4. The average Bonchev–Trinajstić information content (AvgIpc) is 2.47. The van der Waals surface area contributed by atoms with Crippen LogP contribution in [0.2, 0.25) is 0 Å². The van der Waals surface area contributed by atoms with Crippen molar-refractivity contribution in [1.29, 1.82) is 0 Å². The number of rotatable bonds is 4. The minimum absolute atomic E-state index is 0.112. The minimum atomic E-state index is -0.698. The van der Waals surface area contributed by atoms with Crippen molar-refractivity contribution >= 4 is 28.7 Å². The van der Waals surface area contributed by atoms with Crippen LogP contribution < -0.4 is 16.2 Å². The van der Waals surface area contributed by atoms with Crippen molar-refractivity contribution in [2.24, 2.45) is 0 Å². The molecule has 116 valence electrons. The second kappa shape index (κ2) is 7.17. The lowest BCUT2D eigenvalue weighted by atomic mass is 10.0. The Morgan fingerprint density at radius 3 is 2.32 bits per heavy atom. The molecular formula is C16H17F2N3S. The number of hydrogen-bond acceptors (Lipinski definition) is 2. The fourth-order valence-electron chi connectivity index (χ4n) is 1.83. The number of nitrogens with one attached hydrogen (secondary N) is 3. The first-order chi connectivity index (χ1) is 10.5. The standard InChI is InChI=1S/C16H17F2N3S/c1-10(2)11-3-6-13(7-4-11)19-16(22)21-20-15-8-5-12(17)9-14(15)18/h3-10,20H,1-2H3,(H2,19,21,22). The summed E-state index contributed by atoms with van der Waals surface area (Å²) >= 11 is 5.11. The van der Waals surface area contributed by atoms with Crippen LogP contribution >= 0.6 is 12.2 Å². The van der Waals surface area contributed by atoms with E-state index in [-0.39, 0.29) is 10.8 Å². The molecule has 0 aromatic heterocycles. The van der Waals surface area contributed by atoms with Crippen LogP contribution in [-0.4, -0.2) is 5.11 Å². The van der Waals surface area contributed by atoms with Gasteiger partial charge in [-0.15, -0.1) is 0 Å². The molecule has 0 aliphatic heterocycles. The Morgan fingerprint density at radius 2 is 1.73 bits per heavy atom. The zero-order valence-electron chi connectivity index (χ0n) is 12.3. The number of anilines is 2. The Kier molecular flexibility index (Phi) is 5.27. The van der Waals surface area contributed by atoms with Gasteiger partial charge in [0.25, 0.3) is 0 Å². The molecule has 2 rings (SSSR count). The maximum absolute atomic E-state index is 13.4. The Labute approximate surface area is 133 Å². The van der Waals surface area contributed by atoms with E-state index in [0.29, 0.717) is 5.92 Å². The molecule has 0 aliphatic carbocycles. The molecule has 6 heteroatoms. The predicted octanol–water partition coefficient (Wildman–Crippen LogP) is 4.40. The lowest BCUT2D eigenvalue weighted by Gasteiger charge is -2.13. The van der Waals surface area contributed by atoms with E-state index >= 15 is 0 Å². The summed E-state index contributed by atoms with van der Waals surface area (Å²) in [4.78, 5) is 0. The molecule has 2 aromatic carbocycles. The molecule has 0 unspecified atom stereocenters. The monoisotopic (exact) mass is 321 g/mol. The molecule has 0 bridgehead atoms. The van der Waals surface area contributed by atoms with Crippen LogP contribution in [0.15, 0.2) is 42.5 Å². The fraction of sp³-hybridized carbons (Fsp3) is 0.188. The van der Waals surface area contributed by atoms with Crippen LogP contribution in [-0.2, 0) is 0 Å². The zero-order chi connectivity index (χ0) is 16.1. The van der Waals surface area contributed by atoms with Crippen molar-refractivity contribution in [3.63, 3.8) is 0 Å². The summed E-state index contributed by atoms with van der Waals surface area (Å²) in [7, 11) is 0. The molecular weight excluding hydrogens is 304 g/mol. The molecule has 3 nitrogen and oxygen atoms in total. The van der Waals surface area contributed by atoms with Crippen LogP contribution in [0.5, 0.6) is 0 Å². The van der Waals surface area contributed by atoms with E-state index in [4.69, 9.17) is 12.2 Å². The summed E-state index contributed by atoms with van der Waals surface area (Å²) in [6, 6.07) is 11.1. The van der Waals surface area contributed by atoms with Crippen molar-refractivity contribution in [3.05, 3.63) is 59.7 Å². The van der Waals surface area contributed by atoms with Gasteiger partial charge in [0.2, 0.25) is 0 Å². The van der Waals surface area contributed by atoms with Gasteiger partial charge in [-0.05, 0) is 48.0 Å². The number of thiocarbonyl (C=S) groups is 1. The van der Waals surface area contributed by atoms with E-state index in [0.717, 1.165) is 17.8 Å². The molecule has 0 atom stereocenters. The summed E-state index contributed by atoms with van der Waals surface area (Å²) in [5.41, 5.74) is 7.41. The molecule has 2 aromatic rings. The molecule has 0 radical (unpaired) electrons. The molecule has 22 heavy (non-hydrogen) atoms. The molecule has 0 spiro atoms. The van der Waals surface area contributed by atoms with Gasteiger partial charge in [0.1, 0.15) is 5.82 Å². The van der Waals surface area contributed by atoms with Crippen molar-refractivity contribution in [2.75, 3.05) is 10.7 Å². The Balaban J connectivity index is 1.90. The lowest BCUT2D eigenvalue weighted by molar-refractivity contribution is 0.585. The second-order valence-corrected chi connectivity index (χ2v) is 5.51. The highest BCUT2D eigenvalue weighted by atomic mass is 32.1. The van der Waals surface area contributed by atoms with E-state index in [2.05, 4.69) is 30.0 Å². The van der Waals surface area contributed by atoms with Gasteiger partial charge in [0, 0.05) is 11.8 Å². The number of benzene rings is 2. The van der Waals surface area contributed by atoms with E-state index in [1.165, 1.54) is 11.6 Å². The highest BCUT2D eigenvalue weighted by molar-refractivity contribution is 7.80. The highest BCUT2D eigenvalue weighted by Crippen LogP contribution is 2.17. The van der Waals surface area contributed by atoms with Gasteiger partial charge in [0.15, 0.2) is 10.9 Å². The average molecular weight is 321 g/mol. The van der Waals surface area contributed by atoms with E-state index in [1.807, 2.05) is 24.3 Å². The third-order valence-electron chi connectivity index (χ3n) is 3.08. The summed E-state index contributed by atoms with van der Waals surface area (Å²) in [6.07, 6.45) is 0. The van der Waals surface area contributed by atoms with Crippen LogP contribution in [0, 0.1) is 11.6 Å². The van der Waals surface area contributed by atoms with Crippen molar-refractivity contribution in [3.8, 4) is 0 Å². The fourth-order valence-corrected chi connectivity index (χ4v) is 2.00. The third-order valence-corrected chi connectivity index (χ3v) is 3.28. The topological polar surface area (TPSA) is 36.1 Å². The van der Waals surface area contributed by atoms with Crippen LogP contribution in [0.1, 0.15) is 25.3 Å². The van der Waals surface area contributed by atoms with Gasteiger partial charge < -0.3 is 5.32 Å². The third kappa shape index (κ3) is 4.39. The van der Waals surface area contributed by atoms with E-state index in [9.17, 15) is 8.78 Å².